The summed E-state index contributed by atoms with van der Waals surface area (Å²) in [6.45, 7) is 4.03. The molecule has 5 rings (SSSR count). The van der Waals surface area contributed by atoms with Gasteiger partial charge in [-0.1, -0.05) is 60.7 Å². The molecule has 0 spiro atoms. The maximum Gasteiger partial charge on any atom is 0.128 e. The molecule has 33 heavy (non-hydrogen) atoms. The van der Waals surface area contributed by atoms with Crippen LogP contribution in [0.5, 0.6) is 11.5 Å². The van der Waals surface area contributed by atoms with E-state index >= 15 is 0 Å². The van der Waals surface area contributed by atoms with Crippen LogP contribution < -0.4 is 9.47 Å². The van der Waals surface area contributed by atoms with Crippen molar-refractivity contribution < 1.29 is 23.7 Å². The highest BCUT2D eigenvalue weighted by Crippen LogP contribution is 2.45. The van der Waals surface area contributed by atoms with Crippen LogP contribution in [0.2, 0.25) is 0 Å². The molecule has 0 radical (unpaired) electrons. The maximum atomic E-state index is 6.28. The second-order valence-corrected chi connectivity index (χ2v) is 7.85. The molecule has 0 atom stereocenters. The average Bonchev–Trinajstić information content (AvgIpc) is 2.86. The van der Waals surface area contributed by atoms with Gasteiger partial charge >= 0.3 is 0 Å². The molecule has 0 saturated heterocycles. The zero-order valence-corrected chi connectivity index (χ0v) is 18.6. The third-order valence-electron chi connectivity index (χ3n) is 5.75. The number of hydrogen-bond donors (Lipinski definition) is 0. The van der Waals surface area contributed by atoms with Gasteiger partial charge in [-0.25, -0.2) is 0 Å². The van der Waals surface area contributed by atoms with E-state index in [1.807, 2.05) is 12.1 Å². The summed E-state index contributed by atoms with van der Waals surface area (Å²) < 4.78 is 29.5. The number of hydrogen-bond acceptors (Lipinski definition) is 5. The van der Waals surface area contributed by atoms with Gasteiger partial charge in [-0.2, -0.15) is 0 Å². The van der Waals surface area contributed by atoms with E-state index in [1.54, 1.807) is 0 Å². The molecule has 5 heteroatoms. The molecular weight excluding hydrogens is 416 g/mol. The van der Waals surface area contributed by atoms with Crippen LogP contribution in [0.25, 0.3) is 32.7 Å². The van der Waals surface area contributed by atoms with Crippen molar-refractivity contribution >= 4 is 21.5 Å². The second-order valence-electron chi connectivity index (χ2n) is 7.85. The average molecular weight is 445 g/mol. The topological polar surface area (TPSA) is 46.2 Å². The molecule has 0 aromatic heterocycles. The van der Waals surface area contributed by atoms with Gasteiger partial charge in [-0.15, -0.1) is 0 Å². The lowest BCUT2D eigenvalue weighted by molar-refractivity contribution is 0.00520. The van der Waals surface area contributed by atoms with Crippen molar-refractivity contribution in [3.8, 4) is 22.6 Å². The molecule has 4 aromatic carbocycles. The smallest absolute Gasteiger partial charge is 0.128 e. The van der Waals surface area contributed by atoms with Crippen molar-refractivity contribution in [1.82, 2.24) is 0 Å². The molecular formula is C28H28O5. The van der Waals surface area contributed by atoms with Gasteiger partial charge in [0.15, 0.2) is 0 Å². The van der Waals surface area contributed by atoms with Crippen LogP contribution >= 0.6 is 0 Å². The molecule has 1 aliphatic heterocycles. The van der Waals surface area contributed by atoms with E-state index in [1.165, 1.54) is 0 Å². The van der Waals surface area contributed by atoms with E-state index in [4.69, 9.17) is 23.7 Å². The van der Waals surface area contributed by atoms with Crippen LogP contribution in [0.1, 0.15) is 0 Å². The van der Waals surface area contributed by atoms with E-state index < -0.39 is 0 Å². The van der Waals surface area contributed by atoms with E-state index in [0.29, 0.717) is 52.9 Å². The van der Waals surface area contributed by atoms with Gasteiger partial charge in [-0.3, -0.25) is 0 Å². The molecule has 0 N–H and O–H groups in total. The predicted molar refractivity (Wildman–Crippen MR) is 130 cm³/mol. The highest BCUT2D eigenvalue weighted by Gasteiger charge is 2.19. The van der Waals surface area contributed by atoms with E-state index in [-0.39, 0.29) is 0 Å². The monoisotopic (exact) mass is 444 g/mol. The van der Waals surface area contributed by atoms with E-state index in [9.17, 15) is 0 Å². The van der Waals surface area contributed by atoms with E-state index in [2.05, 4.69) is 60.7 Å². The molecule has 4 aromatic rings. The minimum absolute atomic E-state index is 0.454. The van der Waals surface area contributed by atoms with Gasteiger partial charge in [0.2, 0.25) is 0 Å². The number of rotatable bonds is 0. The fourth-order valence-corrected chi connectivity index (χ4v) is 4.22. The number of benzene rings is 4. The minimum atomic E-state index is 0.454. The highest BCUT2D eigenvalue weighted by atomic mass is 16.6. The lowest BCUT2D eigenvalue weighted by atomic mass is 9.92. The third-order valence-corrected chi connectivity index (χ3v) is 5.75. The van der Waals surface area contributed by atoms with Gasteiger partial charge in [-0.05, 0) is 33.7 Å². The quantitative estimate of drug-likeness (QED) is 0.359. The summed E-state index contributed by atoms with van der Waals surface area (Å²) in [5, 5.41) is 4.56. The van der Waals surface area contributed by atoms with Crippen LogP contribution in [0.15, 0.2) is 72.8 Å². The van der Waals surface area contributed by atoms with Crippen molar-refractivity contribution in [2.24, 2.45) is 0 Å². The van der Waals surface area contributed by atoms with E-state index in [0.717, 1.165) is 44.2 Å². The summed E-state index contributed by atoms with van der Waals surface area (Å²) >= 11 is 0. The zero-order chi connectivity index (χ0) is 22.3. The first-order chi connectivity index (χ1) is 16.4. The molecule has 0 bridgehead atoms. The summed E-state index contributed by atoms with van der Waals surface area (Å²) in [5.41, 5.74) is 2.07. The molecule has 1 aliphatic rings. The summed E-state index contributed by atoms with van der Waals surface area (Å²) in [4.78, 5) is 0. The van der Waals surface area contributed by atoms with Crippen LogP contribution in [-0.4, -0.2) is 52.9 Å². The van der Waals surface area contributed by atoms with Gasteiger partial charge in [0, 0.05) is 11.1 Å². The minimum Gasteiger partial charge on any atom is -0.491 e. The Balaban J connectivity index is 1.65. The maximum absolute atomic E-state index is 6.28. The lowest BCUT2D eigenvalue weighted by Crippen LogP contribution is -2.14. The normalized spacial score (nSPS) is 16.2. The predicted octanol–water partition coefficient (Wildman–Crippen LogP) is 5.48. The molecule has 170 valence electrons. The van der Waals surface area contributed by atoms with Crippen molar-refractivity contribution in [2.75, 3.05) is 52.9 Å². The van der Waals surface area contributed by atoms with Crippen molar-refractivity contribution in [1.29, 1.82) is 0 Å². The second kappa shape index (κ2) is 10.7. The fourth-order valence-electron chi connectivity index (χ4n) is 4.22. The first-order valence-corrected chi connectivity index (χ1v) is 11.4. The molecule has 0 fully saturated rings. The van der Waals surface area contributed by atoms with Crippen LogP contribution in [0.3, 0.4) is 0 Å². The Bertz CT molecular complexity index is 1120. The highest BCUT2D eigenvalue weighted by molar-refractivity contribution is 6.09. The molecule has 0 saturated carbocycles. The molecule has 5 nitrogen and oxygen atoms in total. The number of ether oxygens (including phenoxy) is 5. The molecule has 0 aliphatic carbocycles. The Morgan fingerprint density at radius 3 is 1.24 bits per heavy atom. The van der Waals surface area contributed by atoms with Gasteiger partial charge in [0.05, 0.1) is 39.6 Å². The Kier molecular flexibility index (Phi) is 7.02. The van der Waals surface area contributed by atoms with Crippen LogP contribution in [0.4, 0.5) is 0 Å². The Morgan fingerprint density at radius 2 is 0.788 bits per heavy atom. The van der Waals surface area contributed by atoms with Crippen molar-refractivity contribution in [2.45, 2.75) is 0 Å². The summed E-state index contributed by atoms with van der Waals surface area (Å²) in [5.74, 6) is 1.63. The SMILES string of the molecule is c1ccc2c3c(ccc2c1)OCCOCCOCCOCCOc1ccc2ccccc2c1-3. The molecule has 0 amide bonds. The number of fused-ring (bicyclic) bond motifs is 7. The summed E-state index contributed by atoms with van der Waals surface area (Å²) in [6.07, 6.45) is 0. The van der Waals surface area contributed by atoms with Crippen LogP contribution in [-0.2, 0) is 14.2 Å². The van der Waals surface area contributed by atoms with Crippen molar-refractivity contribution in [3.05, 3.63) is 72.8 Å². The first kappa shape index (κ1) is 21.7. The third kappa shape index (κ3) is 4.96. The summed E-state index contributed by atoms with van der Waals surface area (Å²) in [7, 11) is 0. The fraction of sp³-hybridized carbons (Fsp3) is 0.286. The molecule has 1 heterocycles. The lowest BCUT2D eigenvalue weighted by Gasteiger charge is -2.19. The van der Waals surface area contributed by atoms with Gasteiger partial charge < -0.3 is 23.7 Å². The largest absolute Gasteiger partial charge is 0.491 e. The standard InChI is InChI=1S/C28H28O5/c1-3-7-23-21(5-1)9-11-25-27(23)28-24-8-4-2-6-22(24)10-12-26(28)33-20-18-31-16-14-29-13-15-30-17-19-32-25/h1-12H,13-20H2. The Hall–Kier alpha value is -3.12. The van der Waals surface area contributed by atoms with Crippen LogP contribution in [0, 0.1) is 0 Å². The summed E-state index contributed by atoms with van der Waals surface area (Å²) in [6, 6.07) is 25.1. The molecule has 0 unspecified atom stereocenters. The first-order valence-electron chi connectivity index (χ1n) is 11.4. The van der Waals surface area contributed by atoms with Crippen molar-refractivity contribution in [3.63, 3.8) is 0 Å². The Morgan fingerprint density at radius 1 is 0.394 bits per heavy atom. The zero-order valence-electron chi connectivity index (χ0n) is 18.6. The van der Waals surface area contributed by atoms with Gasteiger partial charge in [0.1, 0.15) is 24.7 Å². The Labute approximate surface area is 193 Å². The van der Waals surface area contributed by atoms with Gasteiger partial charge in [0.25, 0.3) is 0 Å².